The predicted molar refractivity (Wildman–Crippen MR) is 97.1 cm³/mol. The number of hydrogen-bond acceptors (Lipinski definition) is 4. The van der Waals surface area contributed by atoms with Gasteiger partial charge in [-0.25, -0.2) is 4.79 Å². The molecule has 5 nitrogen and oxygen atoms in total. The fourth-order valence-corrected chi connectivity index (χ4v) is 2.58. The molecule has 0 saturated carbocycles. The van der Waals surface area contributed by atoms with E-state index in [-0.39, 0.29) is 0 Å². The quantitative estimate of drug-likeness (QED) is 0.756. The number of rotatable bonds is 6. The van der Waals surface area contributed by atoms with Crippen molar-refractivity contribution in [3.8, 4) is 0 Å². The summed E-state index contributed by atoms with van der Waals surface area (Å²) in [6.07, 6.45) is -0.982. The highest BCUT2D eigenvalue weighted by Crippen LogP contribution is 2.22. The molecule has 0 aromatic heterocycles. The van der Waals surface area contributed by atoms with Crippen molar-refractivity contribution in [3.63, 3.8) is 0 Å². The van der Waals surface area contributed by atoms with Gasteiger partial charge in [0.2, 0.25) is 0 Å². The van der Waals surface area contributed by atoms with Crippen LogP contribution in [0.3, 0.4) is 0 Å². The molecule has 7 heteroatoms. The molecule has 0 fully saturated rings. The molecule has 1 atom stereocenters. The molecular weight excluding hydrogens is 365 g/mol. The molecule has 2 aromatic carbocycles. The number of hydrogen-bond donors (Lipinski definition) is 1. The summed E-state index contributed by atoms with van der Waals surface area (Å²) in [6.45, 7) is 1.94. The lowest BCUT2D eigenvalue weighted by molar-refractivity contribution is -0.123. The van der Waals surface area contributed by atoms with Crippen LogP contribution in [-0.4, -0.2) is 25.1 Å². The van der Waals surface area contributed by atoms with Gasteiger partial charge in [0, 0.05) is 22.8 Å². The summed E-state index contributed by atoms with van der Waals surface area (Å²) in [7, 11) is 1.59. The maximum Gasteiger partial charge on any atom is 0.338 e. The second-order valence-electron chi connectivity index (χ2n) is 5.32. The van der Waals surface area contributed by atoms with Gasteiger partial charge in [0.05, 0.1) is 12.2 Å². The fourth-order valence-electron chi connectivity index (χ4n) is 2.06. The van der Waals surface area contributed by atoms with Crippen molar-refractivity contribution in [1.29, 1.82) is 0 Å². The van der Waals surface area contributed by atoms with E-state index >= 15 is 0 Å². The Hall–Kier alpha value is -2.08. The number of anilines is 1. The van der Waals surface area contributed by atoms with Crippen molar-refractivity contribution in [2.24, 2.45) is 0 Å². The summed E-state index contributed by atoms with van der Waals surface area (Å²) < 4.78 is 10.2. The lowest BCUT2D eigenvalue weighted by atomic mass is 10.1. The van der Waals surface area contributed by atoms with Crippen molar-refractivity contribution >= 4 is 40.8 Å². The third kappa shape index (κ3) is 5.74. The second-order valence-corrected chi connectivity index (χ2v) is 6.20. The van der Waals surface area contributed by atoms with E-state index in [0.29, 0.717) is 27.9 Å². The Morgan fingerprint density at radius 3 is 2.24 bits per heavy atom. The molecule has 0 unspecified atom stereocenters. The van der Waals surface area contributed by atoms with E-state index in [1.54, 1.807) is 49.6 Å². The summed E-state index contributed by atoms with van der Waals surface area (Å²) in [4.78, 5) is 24.3. The Bertz CT molecular complexity index is 742. The number of methoxy groups -OCH3 is 1. The molecule has 1 amide bonds. The van der Waals surface area contributed by atoms with Gasteiger partial charge in [0.25, 0.3) is 5.91 Å². The third-order valence-corrected chi connectivity index (χ3v) is 3.72. The largest absolute Gasteiger partial charge is 0.449 e. The van der Waals surface area contributed by atoms with E-state index in [1.807, 2.05) is 0 Å². The molecule has 0 aliphatic carbocycles. The number of esters is 1. The highest BCUT2D eigenvalue weighted by Gasteiger charge is 2.19. The van der Waals surface area contributed by atoms with E-state index in [2.05, 4.69) is 5.32 Å². The number of amides is 1. The number of benzene rings is 2. The first-order valence-corrected chi connectivity index (χ1v) is 8.20. The zero-order valence-electron chi connectivity index (χ0n) is 13.7. The van der Waals surface area contributed by atoms with Gasteiger partial charge in [-0.15, -0.1) is 0 Å². The van der Waals surface area contributed by atoms with Crippen LogP contribution in [-0.2, 0) is 20.9 Å². The number of nitrogens with one attached hydrogen (secondary N) is 1. The molecule has 0 spiro atoms. The van der Waals surface area contributed by atoms with Crippen LogP contribution in [0.2, 0.25) is 10.0 Å². The first-order chi connectivity index (χ1) is 11.9. The van der Waals surface area contributed by atoms with Crippen LogP contribution >= 0.6 is 23.2 Å². The Morgan fingerprint density at radius 1 is 1.08 bits per heavy atom. The second kappa shape index (κ2) is 8.85. The molecule has 132 valence electrons. The minimum absolute atomic E-state index is 0.352. The van der Waals surface area contributed by atoms with Gasteiger partial charge >= 0.3 is 5.97 Å². The standard InChI is InChI=1S/C18H17Cl2NO4/c1-11(17(22)21-16-8-14(19)7-15(20)9-16)25-18(23)13-5-3-12(4-6-13)10-24-2/h3-9,11H,10H2,1-2H3,(H,21,22)/t11-/m1/s1. The predicted octanol–water partition coefficient (Wildman–Crippen LogP) is 4.32. The third-order valence-electron chi connectivity index (χ3n) is 3.28. The van der Waals surface area contributed by atoms with Crippen LogP contribution in [0.25, 0.3) is 0 Å². The first-order valence-electron chi connectivity index (χ1n) is 7.45. The van der Waals surface area contributed by atoms with Gasteiger partial charge in [0.1, 0.15) is 0 Å². The van der Waals surface area contributed by atoms with E-state index in [4.69, 9.17) is 32.7 Å². The zero-order valence-corrected chi connectivity index (χ0v) is 15.2. The van der Waals surface area contributed by atoms with Crippen LogP contribution in [0, 0.1) is 0 Å². The van der Waals surface area contributed by atoms with Crippen molar-refractivity contribution in [3.05, 3.63) is 63.6 Å². The Morgan fingerprint density at radius 2 is 1.68 bits per heavy atom. The van der Waals surface area contributed by atoms with Crippen molar-refractivity contribution < 1.29 is 19.1 Å². The topological polar surface area (TPSA) is 64.6 Å². The Labute approximate surface area is 155 Å². The molecular formula is C18H17Cl2NO4. The average Bonchev–Trinajstić information content (AvgIpc) is 2.54. The smallest absolute Gasteiger partial charge is 0.338 e. The molecule has 0 heterocycles. The van der Waals surface area contributed by atoms with Crippen LogP contribution in [0.5, 0.6) is 0 Å². The monoisotopic (exact) mass is 381 g/mol. The van der Waals surface area contributed by atoms with E-state index < -0.39 is 18.0 Å². The summed E-state index contributed by atoms with van der Waals surface area (Å²) in [5.41, 5.74) is 1.71. The SMILES string of the molecule is COCc1ccc(C(=O)O[C@H](C)C(=O)Nc2cc(Cl)cc(Cl)c2)cc1. The van der Waals surface area contributed by atoms with Crippen molar-refractivity contribution in [1.82, 2.24) is 0 Å². The molecule has 25 heavy (non-hydrogen) atoms. The summed E-state index contributed by atoms with van der Waals surface area (Å²) >= 11 is 11.8. The normalized spacial score (nSPS) is 11.7. The lowest BCUT2D eigenvalue weighted by Gasteiger charge is -2.14. The summed E-state index contributed by atoms with van der Waals surface area (Å²) in [6, 6.07) is 11.4. The van der Waals surface area contributed by atoms with Gasteiger partial charge in [-0.3, -0.25) is 4.79 Å². The van der Waals surface area contributed by atoms with Crippen LogP contribution in [0.1, 0.15) is 22.8 Å². The fraction of sp³-hybridized carbons (Fsp3) is 0.222. The number of carbonyl (C=O) groups is 2. The number of carbonyl (C=O) groups excluding carboxylic acids is 2. The van der Waals surface area contributed by atoms with Crippen LogP contribution in [0.15, 0.2) is 42.5 Å². The van der Waals surface area contributed by atoms with Gasteiger partial charge in [-0.05, 0) is 42.8 Å². The molecule has 0 bridgehead atoms. The molecule has 0 aliphatic rings. The van der Waals surface area contributed by atoms with Gasteiger partial charge < -0.3 is 14.8 Å². The molecule has 0 radical (unpaired) electrons. The molecule has 1 N–H and O–H groups in total. The summed E-state index contributed by atoms with van der Waals surface area (Å²) in [5.74, 6) is -1.07. The van der Waals surface area contributed by atoms with Crippen molar-refractivity contribution in [2.75, 3.05) is 12.4 Å². The van der Waals surface area contributed by atoms with Gasteiger partial charge in [0.15, 0.2) is 6.10 Å². The average molecular weight is 382 g/mol. The zero-order chi connectivity index (χ0) is 18.4. The minimum Gasteiger partial charge on any atom is -0.449 e. The maximum absolute atomic E-state index is 12.2. The summed E-state index contributed by atoms with van der Waals surface area (Å²) in [5, 5.41) is 3.39. The maximum atomic E-state index is 12.2. The first kappa shape index (κ1) is 19.2. The molecule has 2 rings (SSSR count). The van der Waals surface area contributed by atoms with E-state index in [9.17, 15) is 9.59 Å². The van der Waals surface area contributed by atoms with Crippen LogP contribution < -0.4 is 5.32 Å². The van der Waals surface area contributed by atoms with Crippen molar-refractivity contribution in [2.45, 2.75) is 19.6 Å². The molecule has 0 saturated heterocycles. The van der Waals surface area contributed by atoms with Crippen LogP contribution in [0.4, 0.5) is 5.69 Å². The van der Waals surface area contributed by atoms with E-state index in [0.717, 1.165) is 5.56 Å². The Kier molecular flexibility index (Phi) is 6.82. The number of halogens is 2. The highest BCUT2D eigenvalue weighted by atomic mass is 35.5. The van der Waals surface area contributed by atoms with E-state index in [1.165, 1.54) is 6.92 Å². The van der Waals surface area contributed by atoms with Gasteiger partial charge in [-0.1, -0.05) is 35.3 Å². The number of ether oxygens (including phenoxy) is 2. The molecule has 2 aromatic rings. The van der Waals surface area contributed by atoms with Gasteiger partial charge in [-0.2, -0.15) is 0 Å². The molecule has 0 aliphatic heterocycles. The highest BCUT2D eigenvalue weighted by molar-refractivity contribution is 6.35. The minimum atomic E-state index is -0.982. The lowest BCUT2D eigenvalue weighted by Crippen LogP contribution is -2.30. The Balaban J connectivity index is 1.96.